The Bertz CT molecular complexity index is 626. The molecule has 0 saturated heterocycles. The van der Waals surface area contributed by atoms with Gasteiger partial charge in [0.2, 0.25) is 0 Å². The fraction of sp³-hybridized carbons (Fsp3) is 0. The fourth-order valence-electron chi connectivity index (χ4n) is 1.54. The molecular weight excluding hydrogens is 278 g/mol. The standard InChI is InChI=1S/C13H7Cl2FO2/c14-10-4-2-7(5-11(10)15)8-1-3-9(13(17)18)12(16)6-8/h1-6H,(H,17,18). The minimum atomic E-state index is -1.30. The second-order valence-corrected chi connectivity index (χ2v) is 4.44. The summed E-state index contributed by atoms with van der Waals surface area (Å²) in [5.74, 6) is -2.08. The summed E-state index contributed by atoms with van der Waals surface area (Å²) in [6.07, 6.45) is 0. The van der Waals surface area contributed by atoms with Crippen LogP contribution in [0.2, 0.25) is 10.0 Å². The van der Waals surface area contributed by atoms with Crippen molar-refractivity contribution in [1.29, 1.82) is 0 Å². The summed E-state index contributed by atoms with van der Waals surface area (Å²) in [7, 11) is 0. The Morgan fingerprint density at radius 3 is 2.17 bits per heavy atom. The molecule has 0 fully saturated rings. The van der Waals surface area contributed by atoms with Crippen LogP contribution in [-0.2, 0) is 0 Å². The van der Waals surface area contributed by atoms with Crippen molar-refractivity contribution >= 4 is 29.2 Å². The van der Waals surface area contributed by atoms with Gasteiger partial charge in [-0.2, -0.15) is 0 Å². The monoisotopic (exact) mass is 284 g/mol. The Morgan fingerprint density at radius 1 is 1.00 bits per heavy atom. The summed E-state index contributed by atoms with van der Waals surface area (Å²) < 4.78 is 13.5. The predicted octanol–water partition coefficient (Wildman–Crippen LogP) is 4.50. The largest absolute Gasteiger partial charge is 0.478 e. The minimum absolute atomic E-state index is 0.358. The number of benzene rings is 2. The van der Waals surface area contributed by atoms with Crippen molar-refractivity contribution < 1.29 is 14.3 Å². The van der Waals surface area contributed by atoms with E-state index in [0.29, 0.717) is 21.2 Å². The Kier molecular flexibility index (Phi) is 3.55. The lowest BCUT2D eigenvalue weighted by atomic mass is 10.0. The molecular formula is C13H7Cl2FO2. The van der Waals surface area contributed by atoms with E-state index in [0.717, 1.165) is 6.07 Å². The third-order valence-corrected chi connectivity index (χ3v) is 3.19. The maximum absolute atomic E-state index is 13.5. The summed E-state index contributed by atoms with van der Waals surface area (Å²) in [4.78, 5) is 10.7. The van der Waals surface area contributed by atoms with Crippen LogP contribution in [-0.4, -0.2) is 11.1 Å². The first-order valence-corrected chi connectivity index (χ1v) is 5.73. The van der Waals surface area contributed by atoms with E-state index >= 15 is 0 Å². The van der Waals surface area contributed by atoms with Gasteiger partial charge in [0, 0.05) is 0 Å². The molecule has 0 aliphatic carbocycles. The quantitative estimate of drug-likeness (QED) is 0.882. The number of halogens is 3. The average molecular weight is 285 g/mol. The first-order chi connectivity index (χ1) is 8.49. The topological polar surface area (TPSA) is 37.3 Å². The van der Waals surface area contributed by atoms with Crippen LogP contribution in [0.15, 0.2) is 36.4 Å². The van der Waals surface area contributed by atoms with Crippen molar-refractivity contribution in [1.82, 2.24) is 0 Å². The molecule has 2 aromatic rings. The van der Waals surface area contributed by atoms with Crippen molar-refractivity contribution in [3.05, 3.63) is 57.8 Å². The number of hydrogen-bond acceptors (Lipinski definition) is 1. The molecule has 0 aliphatic rings. The van der Waals surface area contributed by atoms with E-state index in [-0.39, 0.29) is 5.56 Å². The molecule has 0 spiro atoms. The van der Waals surface area contributed by atoms with E-state index in [2.05, 4.69) is 0 Å². The molecule has 2 aromatic carbocycles. The molecule has 0 bridgehead atoms. The van der Waals surface area contributed by atoms with Crippen LogP contribution in [0, 0.1) is 5.82 Å². The number of aromatic carboxylic acids is 1. The zero-order valence-electron chi connectivity index (χ0n) is 8.95. The van der Waals surface area contributed by atoms with Crippen molar-refractivity contribution in [2.45, 2.75) is 0 Å². The predicted molar refractivity (Wildman–Crippen MR) is 68.8 cm³/mol. The summed E-state index contributed by atoms with van der Waals surface area (Å²) in [5, 5.41) is 9.49. The second-order valence-electron chi connectivity index (χ2n) is 3.63. The van der Waals surface area contributed by atoms with E-state index in [1.807, 2.05) is 0 Å². The molecule has 2 nitrogen and oxygen atoms in total. The van der Waals surface area contributed by atoms with Gasteiger partial charge in [-0.15, -0.1) is 0 Å². The van der Waals surface area contributed by atoms with Gasteiger partial charge in [-0.25, -0.2) is 9.18 Å². The number of hydrogen-bond donors (Lipinski definition) is 1. The van der Waals surface area contributed by atoms with Crippen molar-refractivity contribution in [2.24, 2.45) is 0 Å². The first kappa shape index (κ1) is 12.9. The molecule has 18 heavy (non-hydrogen) atoms. The average Bonchev–Trinajstić information content (AvgIpc) is 2.32. The Labute approximate surface area is 113 Å². The highest BCUT2D eigenvalue weighted by Crippen LogP contribution is 2.29. The highest BCUT2D eigenvalue weighted by atomic mass is 35.5. The van der Waals surface area contributed by atoms with E-state index in [4.69, 9.17) is 28.3 Å². The maximum atomic E-state index is 13.5. The van der Waals surface area contributed by atoms with Crippen LogP contribution in [0.1, 0.15) is 10.4 Å². The van der Waals surface area contributed by atoms with Crippen LogP contribution in [0.3, 0.4) is 0 Å². The van der Waals surface area contributed by atoms with Gasteiger partial charge in [0.1, 0.15) is 5.82 Å². The van der Waals surface area contributed by atoms with Crippen LogP contribution in [0.25, 0.3) is 11.1 Å². The van der Waals surface area contributed by atoms with Gasteiger partial charge in [-0.3, -0.25) is 0 Å². The van der Waals surface area contributed by atoms with Crippen LogP contribution < -0.4 is 0 Å². The van der Waals surface area contributed by atoms with E-state index < -0.39 is 11.8 Å². The van der Waals surface area contributed by atoms with Crippen LogP contribution in [0.4, 0.5) is 4.39 Å². The van der Waals surface area contributed by atoms with Gasteiger partial charge in [0.25, 0.3) is 0 Å². The smallest absolute Gasteiger partial charge is 0.338 e. The van der Waals surface area contributed by atoms with Gasteiger partial charge >= 0.3 is 5.97 Å². The van der Waals surface area contributed by atoms with Gasteiger partial charge < -0.3 is 5.11 Å². The second kappa shape index (κ2) is 4.96. The third-order valence-electron chi connectivity index (χ3n) is 2.45. The molecule has 0 heterocycles. The lowest BCUT2D eigenvalue weighted by molar-refractivity contribution is 0.0692. The van der Waals surface area contributed by atoms with Crippen molar-refractivity contribution in [3.63, 3.8) is 0 Å². The van der Waals surface area contributed by atoms with Gasteiger partial charge in [-0.05, 0) is 35.4 Å². The van der Waals surface area contributed by atoms with Crippen LogP contribution in [0.5, 0.6) is 0 Å². The molecule has 0 atom stereocenters. The van der Waals surface area contributed by atoms with E-state index in [9.17, 15) is 9.18 Å². The Hall–Kier alpha value is -1.58. The molecule has 1 N–H and O–H groups in total. The van der Waals surface area contributed by atoms with Gasteiger partial charge in [0.15, 0.2) is 0 Å². The Balaban J connectivity index is 2.48. The highest BCUT2D eigenvalue weighted by Gasteiger charge is 2.11. The summed E-state index contributed by atoms with van der Waals surface area (Å²) >= 11 is 11.6. The highest BCUT2D eigenvalue weighted by molar-refractivity contribution is 6.42. The maximum Gasteiger partial charge on any atom is 0.338 e. The number of carboxylic acids is 1. The molecule has 0 aliphatic heterocycles. The number of carbonyl (C=O) groups is 1. The van der Waals surface area contributed by atoms with E-state index in [1.165, 1.54) is 12.1 Å². The molecule has 0 saturated carbocycles. The first-order valence-electron chi connectivity index (χ1n) is 4.97. The van der Waals surface area contributed by atoms with E-state index in [1.54, 1.807) is 18.2 Å². The summed E-state index contributed by atoms with van der Waals surface area (Å²) in [6.45, 7) is 0. The summed E-state index contributed by atoms with van der Waals surface area (Å²) in [5.41, 5.74) is 0.843. The van der Waals surface area contributed by atoms with Crippen LogP contribution >= 0.6 is 23.2 Å². The van der Waals surface area contributed by atoms with Gasteiger partial charge in [-0.1, -0.05) is 35.3 Å². The van der Waals surface area contributed by atoms with Crippen molar-refractivity contribution in [2.75, 3.05) is 0 Å². The lowest BCUT2D eigenvalue weighted by Crippen LogP contribution is -2.00. The lowest BCUT2D eigenvalue weighted by Gasteiger charge is -2.05. The minimum Gasteiger partial charge on any atom is -0.478 e. The Morgan fingerprint density at radius 2 is 1.61 bits per heavy atom. The van der Waals surface area contributed by atoms with Crippen molar-refractivity contribution in [3.8, 4) is 11.1 Å². The third kappa shape index (κ3) is 2.47. The molecule has 0 radical (unpaired) electrons. The zero-order valence-corrected chi connectivity index (χ0v) is 10.5. The normalized spacial score (nSPS) is 10.4. The molecule has 5 heteroatoms. The number of rotatable bonds is 2. The number of carboxylic acid groups (broad SMARTS) is 1. The molecule has 0 aromatic heterocycles. The molecule has 0 amide bonds. The molecule has 0 unspecified atom stereocenters. The van der Waals surface area contributed by atoms with Gasteiger partial charge in [0.05, 0.1) is 15.6 Å². The molecule has 92 valence electrons. The molecule has 2 rings (SSSR count). The summed E-state index contributed by atoms with van der Waals surface area (Å²) in [6, 6.07) is 8.77. The SMILES string of the molecule is O=C(O)c1ccc(-c2ccc(Cl)c(Cl)c2)cc1F. The fourth-order valence-corrected chi connectivity index (χ4v) is 1.84. The zero-order chi connectivity index (χ0) is 13.3.